The topological polar surface area (TPSA) is 56.3 Å². The molecule has 0 bridgehead atoms. The van der Waals surface area contributed by atoms with E-state index < -0.39 is 0 Å². The fourth-order valence-corrected chi connectivity index (χ4v) is 1.41. The second-order valence-electron chi connectivity index (χ2n) is 3.61. The number of aromatic nitrogens is 2. The van der Waals surface area contributed by atoms with Crippen LogP contribution in [0.1, 0.15) is 24.6 Å². The highest BCUT2D eigenvalue weighted by Gasteiger charge is 2.26. The van der Waals surface area contributed by atoms with Gasteiger partial charge < -0.3 is 14.8 Å². The van der Waals surface area contributed by atoms with Crippen LogP contribution in [0.2, 0.25) is 0 Å². The molecule has 5 heteroatoms. The predicted octanol–water partition coefficient (Wildman–Crippen LogP) is 1.57. The minimum Gasteiger partial charge on any atom is -0.459 e. The van der Waals surface area contributed by atoms with Gasteiger partial charge in [0.1, 0.15) is 17.9 Å². The lowest BCUT2D eigenvalue weighted by molar-refractivity contribution is 0.0823. The van der Waals surface area contributed by atoms with Crippen LogP contribution in [0.4, 0.5) is 5.82 Å². The van der Waals surface area contributed by atoms with Gasteiger partial charge in [-0.25, -0.2) is 9.97 Å². The van der Waals surface area contributed by atoms with Gasteiger partial charge in [0.05, 0.1) is 0 Å². The maximum atomic E-state index is 5.14. The van der Waals surface area contributed by atoms with Crippen LogP contribution in [-0.2, 0) is 9.47 Å². The first-order chi connectivity index (χ1) is 7.42. The molecule has 3 rings (SSSR count). The summed E-state index contributed by atoms with van der Waals surface area (Å²) in [5.41, 5.74) is 0. The molecule has 1 N–H and O–H groups in total. The average molecular weight is 205 g/mol. The Hall–Kier alpha value is -1.78. The van der Waals surface area contributed by atoms with Crippen molar-refractivity contribution in [1.82, 2.24) is 9.97 Å². The van der Waals surface area contributed by atoms with Crippen molar-refractivity contribution in [3.8, 4) is 0 Å². The van der Waals surface area contributed by atoms with Gasteiger partial charge in [-0.1, -0.05) is 0 Å². The molecule has 1 aliphatic carbocycles. The van der Waals surface area contributed by atoms with Gasteiger partial charge in [0, 0.05) is 12.1 Å². The quantitative estimate of drug-likeness (QED) is 0.811. The van der Waals surface area contributed by atoms with Crippen molar-refractivity contribution >= 4 is 5.82 Å². The first-order valence-electron chi connectivity index (χ1n) is 4.96. The molecule has 1 aromatic rings. The van der Waals surface area contributed by atoms with Gasteiger partial charge in [-0.3, -0.25) is 0 Å². The Kier molecular flexibility index (Phi) is 1.94. The predicted molar refractivity (Wildman–Crippen MR) is 52.7 cm³/mol. The minimum absolute atomic E-state index is 0.267. The summed E-state index contributed by atoms with van der Waals surface area (Å²) in [6.07, 6.45) is 5.70. The van der Waals surface area contributed by atoms with Gasteiger partial charge in [-0.05, 0) is 18.9 Å². The molecule has 1 fully saturated rings. The van der Waals surface area contributed by atoms with Crippen molar-refractivity contribution in [3.05, 3.63) is 30.2 Å². The molecule has 2 heterocycles. The zero-order valence-electron chi connectivity index (χ0n) is 8.14. The third-order valence-electron chi connectivity index (χ3n) is 2.34. The second-order valence-corrected chi connectivity index (χ2v) is 3.61. The van der Waals surface area contributed by atoms with E-state index in [0.717, 1.165) is 11.6 Å². The number of nitrogens with one attached hydrogen (secondary N) is 1. The molecule has 78 valence electrons. The van der Waals surface area contributed by atoms with E-state index in [4.69, 9.17) is 9.47 Å². The first kappa shape index (κ1) is 8.52. The molecule has 1 saturated carbocycles. The van der Waals surface area contributed by atoms with E-state index >= 15 is 0 Å². The molecule has 0 amide bonds. The Morgan fingerprint density at radius 2 is 2.33 bits per heavy atom. The number of nitrogens with zero attached hydrogens (tertiary/aromatic N) is 2. The van der Waals surface area contributed by atoms with Crippen LogP contribution in [0.15, 0.2) is 24.4 Å². The van der Waals surface area contributed by atoms with Crippen molar-refractivity contribution < 1.29 is 9.47 Å². The van der Waals surface area contributed by atoms with E-state index in [1.165, 1.54) is 12.8 Å². The third-order valence-corrected chi connectivity index (χ3v) is 2.34. The lowest BCUT2D eigenvalue weighted by Crippen LogP contribution is -2.03. The summed E-state index contributed by atoms with van der Waals surface area (Å²) >= 11 is 0. The van der Waals surface area contributed by atoms with Gasteiger partial charge in [-0.2, -0.15) is 0 Å². The Bertz CT molecular complexity index is 401. The summed E-state index contributed by atoms with van der Waals surface area (Å²) in [6.45, 7) is 0.267. The van der Waals surface area contributed by atoms with Crippen LogP contribution < -0.4 is 5.32 Å². The fraction of sp³-hybridized carbons (Fsp3) is 0.400. The van der Waals surface area contributed by atoms with Crippen LogP contribution in [0.25, 0.3) is 0 Å². The number of anilines is 1. The van der Waals surface area contributed by atoms with Crippen LogP contribution >= 0.6 is 0 Å². The Balaban J connectivity index is 1.76. The normalized spacial score (nSPS) is 19.1. The minimum atomic E-state index is 0.267. The van der Waals surface area contributed by atoms with E-state index in [9.17, 15) is 0 Å². The van der Waals surface area contributed by atoms with Crippen LogP contribution in [0.5, 0.6) is 0 Å². The molecule has 1 aliphatic heterocycles. The zero-order valence-corrected chi connectivity index (χ0v) is 8.14. The van der Waals surface area contributed by atoms with Gasteiger partial charge in [0.25, 0.3) is 0 Å². The van der Waals surface area contributed by atoms with Crippen molar-refractivity contribution in [2.75, 3.05) is 12.1 Å². The molecular weight excluding hydrogens is 194 g/mol. The van der Waals surface area contributed by atoms with E-state index in [1.54, 1.807) is 12.5 Å². The zero-order chi connectivity index (χ0) is 10.1. The summed E-state index contributed by atoms with van der Waals surface area (Å²) < 4.78 is 10.1. The maximum absolute atomic E-state index is 5.14. The van der Waals surface area contributed by atoms with Crippen LogP contribution in [0, 0.1) is 0 Å². The SMILES string of the molecule is C1=C(Nc2ccnc(C3CC3)n2)OCO1. The molecule has 0 aromatic carbocycles. The Labute approximate surface area is 87.1 Å². The summed E-state index contributed by atoms with van der Waals surface area (Å²) in [7, 11) is 0. The first-order valence-corrected chi connectivity index (χ1v) is 4.96. The number of hydrogen-bond donors (Lipinski definition) is 1. The van der Waals surface area contributed by atoms with E-state index in [0.29, 0.717) is 11.8 Å². The average Bonchev–Trinajstić information content (AvgIpc) is 3.00. The monoisotopic (exact) mass is 205 g/mol. The molecule has 0 saturated heterocycles. The maximum Gasteiger partial charge on any atom is 0.232 e. The fourth-order valence-electron chi connectivity index (χ4n) is 1.41. The highest BCUT2D eigenvalue weighted by Crippen LogP contribution is 2.38. The van der Waals surface area contributed by atoms with Crippen molar-refractivity contribution in [1.29, 1.82) is 0 Å². The van der Waals surface area contributed by atoms with Crippen LogP contribution in [0.3, 0.4) is 0 Å². The molecule has 1 aromatic heterocycles. The number of ether oxygens (including phenoxy) is 2. The van der Waals surface area contributed by atoms with Crippen molar-refractivity contribution in [3.63, 3.8) is 0 Å². The van der Waals surface area contributed by atoms with Gasteiger partial charge in [-0.15, -0.1) is 0 Å². The summed E-state index contributed by atoms with van der Waals surface area (Å²) in [6, 6.07) is 1.81. The number of hydrogen-bond acceptors (Lipinski definition) is 5. The highest BCUT2D eigenvalue weighted by molar-refractivity contribution is 5.39. The highest BCUT2D eigenvalue weighted by atomic mass is 16.7. The number of rotatable bonds is 3. The molecule has 0 atom stereocenters. The summed E-state index contributed by atoms with van der Waals surface area (Å²) in [4.78, 5) is 8.63. The lowest BCUT2D eigenvalue weighted by atomic mass is 10.4. The molecule has 5 nitrogen and oxygen atoms in total. The summed E-state index contributed by atoms with van der Waals surface area (Å²) in [5.74, 6) is 2.82. The van der Waals surface area contributed by atoms with Gasteiger partial charge >= 0.3 is 0 Å². The molecule has 15 heavy (non-hydrogen) atoms. The second kappa shape index (κ2) is 3.42. The van der Waals surface area contributed by atoms with Gasteiger partial charge in [0.2, 0.25) is 12.7 Å². The molecular formula is C10H11N3O2. The molecule has 2 aliphatic rings. The lowest BCUT2D eigenvalue weighted by Gasteiger charge is -2.05. The van der Waals surface area contributed by atoms with E-state index in [-0.39, 0.29) is 6.79 Å². The van der Waals surface area contributed by atoms with Crippen molar-refractivity contribution in [2.45, 2.75) is 18.8 Å². The standard InChI is InChI=1S/C10H11N3O2/c1-2-7(1)10-11-4-3-8(13-10)12-9-5-14-6-15-9/h3-5,7H,1-2,6H2,(H,11,12,13). The molecule has 0 unspecified atom stereocenters. The Morgan fingerprint density at radius 1 is 1.40 bits per heavy atom. The van der Waals surface area contributed by atoms with Crippen LogP contribution in [-0.4, -0.2) is 16.8 Å². The third kappa shape index (κ3) is 1.86. The molecule has 0 radical (unpaired) electrons. The smallest absolute Gasteiger partial charge is 0.232 e. The largest absolute Gasteiger partial charge is 0.459 e. The van der Waals surface area contributed by atoms with E-state index in [1.807, 2.05) is 6.07 Å². The summed E-state index contributed by atoms with van der Waals surface area (Å²) in [5, 5.41) is 3.03. The molecule has 0 spiro atoms. The van der Waals surface area contributed by atoms with Gasteiger partial charge in [0.15, 0.2) is 0 Å². The van der Waals surface area contributed by atoms with E-state index in [2.05, 4.69) is 15.3 Å². The van der Waals surface area contributed by atoms with Crippen molar-refractivity contribution in [2.24, 2.45) is 0 Å². The Morgan fingerprint density at radius 3 is 3.07 bits per heavy atom.